The highest BCUT2D eigenvalue weighted by atomic mass is 16.2. The number of urea groups is 1. The minimum atomic E-state index is -0.576. The van der Waals surface area contributed by atoms with Crippen LogP contribution in [0.25, 0.3) is 10.9 Å². The molecule has 1 aromatic heterocycles. The van der Waals surface area contributed by atoms with Crippen LogP contribution in [0.5, 0.6) is 0 Å². The summed E-state index contributed by atoms with van der Waals surface area (Å²) in [5.41, 5.74) is 3.68. The van der Waals surface area contributed by atoms with Gasteiger partial charge in [-0.15, -0.1) is 0 Å². The quantitative estimate of drug-likeness (QED) is 0.740. The van der Waals surface area contributed by atoms with Crippen molar-refractivity contribution in [3.05, 3.63) is 71.9 Å². The van der Waals surface area contributed by atoms with Crippen molar-refractivity contribution in [2.75, 3.05) is 11.9 Å². The Morgan fingerprint density at radius 1 is 1.11 bits per heavy atom. The molecular formula is C22H22N4O2. The molecule has 1 atom stereocenters. The maximum absolute atomic E-state index is 13.3. The number of benzene rings is 2. The van der Waals surface area contributed by atoms with Gasteiger partial charge in [-0.3, -0.25) is 9.78 Å². The molecule has 0 saturated carbocycles. The first-order valence-corrected chi connectivity index (χ1v) is 9.38. The fourth-order valence-corrected chi connectivity index (χ4v) is 3.60. The second-order valence-corrected chi connectivity index (χ2v) is 6.86. The summed E-state index contributed by atoms with van der Waals surface area (Å²) >= 11 is 0. The number of carbonyl (C=O) groups excluding carboxylic acids is 2. The minimum Gasteiger partial charge on any atom is -0.341 e. The molecule has 2 aromatic carbocycles. The van der Waals surface area contributed by atoms with Crippen LogP contribution in [-0.2, 0) is 17.8 Å². The van der Waals surface area contributed by atoms with Gasteiger partial charge in [-0.2, -0.15) is 0 Å². The molecule has 0 fully saturated rings. The molecule has 0 radical (unpaired) electrons. The van der Waals surface area contributed by atoms with Crippen LogP contribution in [0.2, 0.25) is 0 Å². The maximum atomic E-state index is 13.3. The first-order valence-electron chi connectivity index (χ1n) is 9.38. The third kappa shape index (κ3) is 3.53. The average Bonchev–Trinajstić information content (AvgIpc) is 2.86. The summed E-state index contributed by atoms with van der Waals surface area (Å²) in [6, 6.07) is 18.8. The third-order valence-corrected chi connectivity index (χ3v) is 5.06. The van der Waals surface area contributed by atoms with Gasteiger partial charge in [0.15, 0.2) is 0 Å². The number of amides is 3. The van der Waals surface area contributed by atoms with Crippen LogP contribution >= 0.6 is 0 Å². The highest BCUT2D eigenvalue weighted by Crippen LogP contribution is 2.28. The average molecular weight is 374 g/mol. The molecule has 6 heteroatoms. The Labute approximate surface area is 163 Å². The number of aromatic nitrogens is 1. The lowest BCUT2D eigenvalue weighted by atomic mass is 10.1. The van der Waals surface area contributed by atoms with Crippen molar-refractivity contribution in [1.82, 2.24) is 15.6 Å². The van der Waals surface area contributed by atoms with Gasteiger partial charge in [0.05, 0.1) is 17.8 Å². The molecule has 6 nitrogen and oxygen atoms in total. The molecule has 0 spiro atoms. The Morgan fingerprint density at radius 3 is 2.75 bits per heavy atom. The molecule has 3 amide bonds. The van der Waals surface area contributed by atoms with Crippen molar-refractivity contribution in [2.45, 2.75) is 25.4 Å². The van der Waals surface area contributed by atoms with Crippen LogP contribution in [0, 0.1) is 0 Å². The number of carbonyl (C=O) groups is 2. The number of para-hydroxylation sites is 2. The highest BCUT2D eigenvalue weighted by Gasteiger charge is 2.31. The summed E-state index contributed by atoms with van der Waals surface area (Å²) in [5.74, 6) is -0.122. The summed E-state index contributed by atoms with van der Waals surface area (Å²) in [6.07, 6.45) is 1.28. The van der Waals surface area contributed by atoms with Crippen LogP contribution in [0.3, 0.4) is 0 Å². The minimum absolute atomic E-state index is 0.122. The number of nitrogens with one attached hydrogen (secondary N) is 2. The molecule has 1 aliphatic rings. The molecular weight excluding hydrogens is 352 g/mol. The van der Waals surface area contributed by atoms with Crippen molar-refractivity contribution in [3.63, 3.8) is 0 Å². The number of hydrogen-bond donors (Lipinski definition) is 2. The van der Waals surface area contributed by atoms with E-state index in [1.165, 1.54) is 0 Å². The second kappa shape index (κ2) is 7.68. The van der Waals surface area contributed by atoms with E-state index in [0.29, 0.717) is 13.0 Å². The molecule has 142 valence electrons. The number of nitrogens with zero attached hydrogens (tertiary/aromatic N) is 2. The molecule has 4 rings (SSSR count). The highest BCUT2D eigenvalue weighted by molar-refractivity contribution is 6.00. The zero-order valence-electron chi connectivity index (χ0n) is 15.7. The van der Waals surface area contributed by atoms with Gasteiger partial charge in [0, 0.05) is 18.1 Å². The van der Waals surface area contributed by atoms with E-state index in [1.807, 2.05) is 60.7 Å². The van der Waals surface area contributed by atoms with Crippen molar-refractivity contribution in [2.24, 2.45) is 0 Å². The van der Waals surface area contributed by atoms with Crippen LogP contribution in [0.1, 0.15) is 17.7 Å². The molecule has 1 aliphatic heterocycles. The van der Waals surface area contributed by atoms with Gasteiger partial charge < -0.3 is 15.5 Å². The molecule has 1 unspecified atom stereocenters. The summed E-state index contributed by atoms with van der Waals surface area (Å²) in [5, 5.41) is 6.37. The lowest BCUT2D eigenvalue weighted by molar-refractivity contribution is -0.120. The Balaban J connectivity index is 1.69. The monoisotopic (exact) mass is 374 g/mol. The Morgan fingerprint density at radius 2 is 1.89 bits per heavy atom. The zero-order chi connectivity index (χ0) is 19.5. The molecule has 28 heavy (non-hydrogen) atoms. The van der Waals surface area contributed by atoms with E-state index in [9.17, 15) is 9.59 Å². The fraction of sp³-hybridized carbons (Fsp3) is 0.227. The summed E-state index contributed by atoms with van der Waals surface area (Å²) < 4.78 is 0. The van der Waals surface area contributed by atoms with E-state index in [1.54, 1.807) is 11.9 Å². The second-order valence-electron chi connectivity index (χ2n) is 6.86. The van der Waals surface area contributed by atoms with E-state index < -0.39 is 6.04 Å². The number of aryl methyl sites for hydroxylation is 1. The first-order chi connectivity index (χ1) is 13.7. The molecule has 2 N–H and O–H groups in total. The number of fused-ring (bicyclic) bond motifs is 2. The van der Waals surface area contributed by atoms with Gasteiger partial charge >= 0.3 is 6.03 Å². The smallest absolute Gasteiger partial charge is 0.315 e. The molecule has 0 bridgehead atoms. The number of rotatable bonds is 3. The predicted molar refractivity (Wildman–Crippen MR) is 109 cm³/mol. The first kappa shape index (κ1) is 18.0. The van der Waals surface area contributed by atoms with E-state index in [-0.39, 0.29) is 11.9 Å². The van der Waals surface area contributed by atoms with Gasteiger partial charge in [-0.1, -0.05) is 42.5 Å². The topological polar surface area (TPSA) is 74.3 Å². The van der Waals surface area contributed by atoms with E-state index in [2.05, 4.69) is 10.6 Å². The number of anilines is 1. The van der Waals surface area contributed by atoms with Crippen molar-refractivity contribution in [1.29, 1.82) is 0 Å². The standard InChI is InChI=1S/C22H22N4O2/c1-23-22(28)25-19-13-11-16-7-3-5-9-20(16)26(21(19)27)14-17-12-10-15-6-2-4-8-18(15)24-17/h2-10,12,19H,11,13-14H2,1H3,(H2,23,25,28). The normalized spacial score (nSPS) is 16.4. The molecule has 3 aromatic rings. The molecule has 0 saturated heterocycles. The van der Waals surface area contributed by atoms with Gasteiger partial charge in [0.2, 0.25) is 5.91 Å². The lowest BCUT2D eigenvalue weighted by Gasteiger charge is -2.26. The number of hydrogen-bond acceptors (Lipinski definition) is 3. The Kier molecular flexibility index (Phi) is 4.93. The molecule has 2 heterocycles. The van der Waals surface area contributed by atoms with Crippen LogP contribution in [-0.4, -0.2) is 30.0 Å². The van der Waals surface area contributed by atoms with Crippen LogP contribution in [0.15, 0.2) is 60.7 Å². The van der Waals surface area contributed by atoms with Crippen LogP contribution < -0.4 is 15.5 Å². The zero-order valence-corrected chi connectivity index (χ0v) is 15.7. The van der Waals surface area contributed by atoms with Gasteiger partial charge in [0.25, 0.3) is 0 Å². The Hall–Kier alpha value is -3.41. The van der Waals surface area contributed by atoms with E-state index in [4.69, 9.17) is 4.98 Å². The lowest BCUT2D eigenvalue weighted by Crippen LogP contribution is -2.50. The number of pyridine rings is 1. The predicted octanol–water partition coefficient (Wildman–Crippen LogP) is 3.01. The maximum Gasteiger partial charge on any atom is 0.315 e. The third-order valence-electron chi connectivity index (χ3n) is 5.06. The van der Waals surface area contributed by atoms with E-state index >= 15 is 0 Å². The van der Waals surface area contributed by atoms with Crippen molar-refractivity contribution < 1.29 is 9.59 Å². The van der Waals surface area contributed by atoms with Crippen LogP contribution in [0.4, 0.5) is 10.5 Å². The fourth-order valence-electron chi connectivity index (χ4n) is 3.60. The Bertz CT molecular complexity index is 1030. The molecule has 0 aliphatic carbocycles. The van der Waals surface area contributed by atoms with Gasteiger partial charge in [0.1, 0.15) is 6.04 Å². The SMILES string of the molecule is CNC(=O)NC1CCc2ccccc2N(Cc2ccc3ccccc3n2)C1=O. The van der Waals surface area contributed by atoms with Crippen molar-refractivity contribution in [3.8, 4) is 0 Å². The van der Waals surface area contributed by atoms with Gasteiger partial charge in [-0.05, 0) is 36.6 Å². The van der Waals surface area contributed by atoms with Gasteiger partial charge in [-0.25, -0.2) is 4.79 Å². The van der Waals surface area contributed by atoms with Crippen molar-refractivity contribution >= 4 is 28.5 Å². The van der Waals surface area contributed by atoms with E-state index in [0.717, 1.165) is 34.3 Å². The summed E-state index contributed by atoms with van der Waals surface area (Å²) in [7, 11) is 1.54. The summed E-state index contributed by atoms with van der Waals surface area (Å²) in [6.45, 7) is 0.354. The summed E-state index contributed by atoms with van der Waals surface area (Å²) in [4.78, 5) is 31.6. The largest absolute Gasteiger partial charge is 0.341 e.